The minimum absolute atomic E-state index is 0.0760. The van der Waals surface area contributed by atoms with Gasteiger partial charge in [-0.3, -0.25) is 4.79 Å². The Hall–Kier alpha value is -2.12. The molecule has 1 aromatic heterocycles. The molecule has 7 heteroatoms. The monoisotopic (exact) mass is 389 g/mol. The van der Waals surface area contributed by atoms with Gasteiger partial charge in [0.25, 0.3) is 5.91 Å². The lowest BCUT2D eigenvalue weighted by atomic mass is 9.98. The number of rotatable bonds is 8. The van der Waals surface area contributed by atoms with Gasteiger partial charge in [-0.05, 0) is 50.0 Å². The molecular formula is C20H27N3O3S. The molecule has 1 fully saturated rings. The molecule has 0 saturated carbocycles. The standard InChI is InChI=1S/C20H27N3O3S/c1-3-23-8-4-5-15(11-23)10-21-20(24)16-6-7-18(19(9-16)25-2)26-12-17-13-27-14-22-17/h6-7,9,13-15H,3-5,8,10-12H2,1-2H3,(H,21,24)/t15-/m0/s1. The molecule has 1 N–H and O–H groups in total. The number of amides is 1. The summed E-state index contributed by atoms with van der Waals surface area (Å²) >= 11 is 1.53. The molecule has 1 saturated heterocycles. The number of nitrogens with zero attached hydrogens (tertiary/aromatic N) is 2. The lowest BCUT2D eigenvalue weighted by molar-refractivity contribution is 0.0933. The van der Waals surface area contributed by atoms with E-state index in [-0.39, 0.29) is 5.91 Å². The van der Waals surface area contributed by atoms with Gasteiger partial charge in [0, 0.05) is 24.0 Å². The third-order valence-corrected chi connectivity index (χ3v) is 5.52. The average Bonchev–Trinajstić information content (AvgIpc) is 3.24. The zero-order valence-electron chi connectivity index (χ0n) is 15.9. The van der Waals surface area contributed by atoms with E-state index in [1.165, 1.54) is 30.7 Å². The summed E-state index contributed by atoms with van der Waals surface area (Å²) in [6, 6.07) is 5.28. The van der Waals surface area contributed by atoms with Crippen molar-refractivity contribution in [1.82, 2.24) is 15.2 Å². The number of thiazole rings is 1. The van der Waals surface area contributed by atoms with Gasteiger partial charge in [-0.25, -0.2) is 4.98 Å². The van der Waals surface area contributed by atoms with E-state index in [2.05, 4.69) is 22.1 Å². The SMILES string of the molecule is CCN1CCC[C@@H](CNC(=O)c2ccc(OCc3cscn3)c(OC)c2)C1. The molecule has 0 bridgehead atoms. The second-order valence-electron chi connectivity index (χ2n) is 6.75. The highest BCUT2D eigenvalue weighted by molar-refractivity contribution is 7.07. The molecule has 1 amide bonds. The van der Waals surface area contributed by atoms with E-state index in [0.717, 1.165) is 18.8 Å². The van der Waals surface area contributed by atoms with E-state index >= 15 is 0 Å². The molecule has 3 rings (SSSR count). The molecule has 1 aromatic carbocycles. The predicted molar refractivity (Wildman–Crippen MR) is 107 cm³/mol. The summed E-state index contributed by atoms with van der Waals surface area (Å²) < 4.78 is 11.2. The summed E-state index contributed by atoms with van der Waals surface area (Å²) in [7, 11) is 1.58. The second-order valence-corrected chi connectivity index (χ2v) is 7.46. The molecule has 2 aromatic rings. The van der Waals surface area contributed by atoms with Gasteiger partial charge < -0.3 is 19.7 Å². The van der Waals surface area contributed by atoms with Gasteiger partial charge in [-0.15, -0.1) is 11.3 Å². The maximum Gasteiger partial charge on any atom is 0.251 e. The lowest BCUT2D eigenvalue weighted by Crippen LogP contribution is -2.40. The van der Waals surface area contributed by atoms with Gasteiger partial charge in [0.1, 0.15) is 6.61 Å². The number of ether oxygens (including phenoxy) is 2. The highest BCUT2D eigenvalue weighted by atomic mass is 32.1. The van der Waals surface area contributed by atoms with E-state index in [1.807, 2.05) is 5.38 Å². The van der Waals surface area contributed by atoms with Crippen LogP contribution in [-0.4, -0.2) is 49.1 Å². The normalized spacial score (nSPS) is 17.5. The van der Waals surface area contributed by atoms with Crippen LogP contribution < -0.4 is 14.8 Å². The van der Waals surface area contributed by atoms with Crippen molar-refractivity contribution in [2.24, 2.45) is 5.92 Å². The minimum atomic E-state index is -0.0760. The van der Waals surface area contributed by atoms with Crippen molar-refractivity contribution in [3.63, 3.8) is 0 Å². The summed E-state index contributed by atoms with van der Waals surface area (Å²) in [5.41, 5.74) is 3.23. The van der Waals surface area contributed by atoms with E-state index in [0.29, 0.717) is 36.1 Å². The number of methoxy groups -OCH3 is 1. The Bertz CT molecular complexity index is 736. The molecule has 27 heavy (non-hydrogen) atoms. The number of hydrogen-bond donors (Lipinski definition) is 1. The number of likely N-dealkylation sites (tertiary alicyclic amines) is 1. The molecule has 0 spiro atoms. The number of aromatic nitrogens is 1. The smallest absolute Gasteiger partial charge is 0.251 e. The second kappa shape index (κ2) is 9.71. The van der Waals surface area contributed by atoms with Crippen molar-refractivity contribution in [3.8, 4) is 11.5 Å². The fourth-order valence-electron chi connectivity index (χ4n) is 3.33. The largest absolute Gasteiger partial charge is 0.493 e. The highest BCUT2D eigenvalue weighted by Gasteiger charge is 2.20. The zero-order chi connectivity index (χ0) is 19.1. The van der Waals surface area contributed by atoms with Crippen LogP contribution in [0.25, 0.3) is 0 Å². The first-order chi connectivity index (χ1) is 13.2. The number of carbonyl (C=O) groups is 1. The van der Waals surface area contributed by atoms with Gasteiger partial charge in [0.2, 0.25) is 0 Å². The number of piperidine rings is 1. The van der Waals surface area contributed by atoms with Crippen LogP contribution in [0.2, 0.25) is 0 Å². The van der Waals surface area contributed by atoms with Crippen LogP contribution in [0.4, 0.5) is 0 Å². The quantitative estimate of drug-likeness (QED) is 0.751. The van der Waals surface area contributed by atoms with Gasteiger partial charge in [-0.1, -0.05) is 6.92 Å². The Balaban J connectivity index is 1.56. The molecule has 0 aliphatic carbocycles. The molecule has 0 unspecified atom stereocenters. The topological polar surface area (TPSA) is 63.7 Å². The van der Waals surface area contributed by atoms with E-state index in [4.69, 9.17) is 9.47 Å². The molecule has 6 nitrogen and oxygen atoms in total. The zero-order valence-corrected chi connectivity index (χ0v) is 16.8. The third-order valence-electron chi connectivity index (χ3n) is 4.89. The summed E-state index contributed by atoms with van der Waals surface area (Å²) in [5, 5.41) is 5.01. The van der Waals surface area contributed by atoms with Crippen molar-refractivity contribution in [2.75, 3.05) is 33.3 Å². The van der Waals surface area contributed by atoms with Gasteiger partial charge in [-0.2, -0.15) is 0 Å². The molecule has 1 aliphatic rings. The number of carbonyl (C=O) groups excluding carboxylic acids is 1. The molecular weight excluding hydrogens is 362 g/mol. The van der Waals surface area contributed by atoms with Crippen molar-refractivity contribution < 1.29 is 14.3 Å². The number of nitrogens with one attached hydrogen (secondary N) is 1. The van der Waals surface area contributed by atoms with Crippen LogP contribution in [0, 0.1) is 5.92 Å². The van der Waals surface area contributed by atoms with Gasteiger partial charge in [0.05, 0.1) is 18.3 Å². The van der Waals surface area contributed by atoms with Crippen LogP contribution >= 0.6 is 11.3 Å². The summed E-state index contributed by atoms with van der Waals surface area (Å²) in [4.78, 5) is 19.2. The van der Waals surface area contributed by atoms with Crippen molar-refractivity contribution in [2.45, 2.75) is 26.4 Å². The molecule has 0 radical (unpaired) electrons. The van der Waals surface area contributed by atoms with Crippen LogP contribution in [-0.2, 0) is 6.61 Å². The first kappa shape index (κ1) is 19.6. The highest BCUT2D eigenvalue weighted by Crippen LogP contribution is 2.29. The van der Waals surface area contributed by atoms with Crippen LogP contribution in [0.5, 0.6) is 11.5 Å². The van der Waals surface area contributed by atoms with E-state index in [9.17, 15) is 4.79 Å². The molecule has 1 aliphatic heterocycles. The summed E-state index contributed by atoms with van der Waals surface area (Å²) in [5.74, 6) is 1.60. The van der Waals surface area contributed by atoms with E-state index in [1.54, 1.807) is 30.8 Å². The van der Waals surface area contributed by atoms with Gasteiger partial charge in [0.15, 0.2) is 11.5 Å². The van der Waals surface area contributed by atoms with Crippen molar-refractivity contribution in [3.05, 3.63) is 40.3 Å². The van der Waals surface area contributed by atoms with Crippen molar-refractivity contribution >= 4 is 17.2 Å². The Labute approximate surface area is 164 Å². The Morgan fingerprint density at radius 1 is 1.41 bits per heavy atom. The molecule has 146 valence electrons. The summed E-state index contributed by atoms with van der Waals surface area (Å²) in [6.45, 7) is 6.57. The number of benzene rings is 1. The maximum absolute atomic E-state index is 12.5. The first-order valence-electron chi connectivity index (χ1n) is 9.38. The Morgan fingerprint density at radius 3 is 3.04 bits per heavy atom. The average molecular weight is 390 g/mol. The van der Waals surface area contributed by atoms with Gasteiger partial charge >= 0.3 is 0 Å². The maximum atomic E-state index is 12.5. The third kappa shape index (κ3) is 5.43. The van der Waals surface area contributed by atoms with Crippen molar-refractivity contribution in [1.29, 1.82) is 0 Å². The predicted octanol–water partition coefficient (Wildman–Crippen LogP) is 3.19. The summed E-state index contributed by atoms with van der Waals surface area (Å²) in [6.07, 6.45) is 2.37. The Kier molecular flexibility index (Phi) is 7.06. The van der Waals surface area contributed by atoms with E-state index < -0.39 is 0 Å². The fraction of sp³-hybridized carbons (Fsp3) is 0.500. The molecule has 2 heterocycles. The number of hydrogen-bond acceptors (Lipinski definition) is 6. The first-order valence-corrected chi connectivity index (χ1v) is 10.3. The minimum Gasteiger partial charge on any atom is -0.493 e. The lowest BCUT2D eigenvalue weighted by Gasteiger charge is -2.31. The van der Waals surface area contributed by atoms with Crippen LogP contribution in [0.1, 0.15) is 35.8 Å². The fourth-order valence-corrected chi connectivity index (χ4v) is 3.88. The van der Waals surface area contributed by atoms with Crippen LogP contribution in [0.3, 0.4) is 0 Å². The van der Waals surface area contributed by atoms with Crippen LogP contribution in [0.15, 0.2) is 29.1 Å². The Morgan fingerprint density at radius 2 is 2.30 bits per heavy atom. The molecule has 1 atom stereocenters.